The Hall–Kier alpha value is -4.33. The first-order valence-electron chi connectivity index (χ1n) is 10.0. The van der Waals surface area contributed by atoms with Crippen molar-refractivity contribution >= 4 is 40.5 Å². The zero-order valence-electron chi connectivity index (χ0n) is 17.4. The lowest BCUT2D eigenvalue weighted by molar-refractivity contribution is -0.120. The fourth-order valence-corrected chi connectivity index (χ4v) is 3.43. The molecule has 1 heterocycles. The Bertz CT molecular complexity index is 1160. The molecule has 0 spiro atoms. The normalized spacial score (nSPS) is 12.4. The molecule has 3 amide bonds. The van der Waals surface area contributed by atoms with E-state index in [2.05, 4.69) is 16.0 Å². The van der Waals surface area contributed by atoms with Gasteiger partial charge in [-0.1, -0.05) is 24.3 Å². The number of para-hydroxylation sites is 3. The first-order valence-corrected chi connectivity index (χ1v) is 10.0. The summed E-state index contributed by atoms with van der Waals surface area (Å²) in [4.78, 5) is 39.1. The Morgan fingerprint density at radius 2 is 1.72 bits per heavy atom. The quantitative estimate of drug-likeness (QED) is 0.557. The highest BCUT2D eigenvalue weighted by Gasteiger charge is 2.26. The Morgan fingerprint density at radius 1 is 1.00 bits per heavy atom. The van der Waals surface area contributed by atoms with Crippen LogP contribution >= 0.6 is 0 Å². The number of carbonyl (C=O) groups excluding carboxylic acids is 3. The molecule has 1 aliphatic heterocycles. The number of nitrogens with one attached hydrogen (secondary N) is 3. The van der Waals surface area contributed by atoms with E-state index in [1.54, 1.807) is 73.8 Å². The SMILES string of the molecule is COc1ccc(NC(=O)c2ccccc2NCC(=O)N2CC(=O)Nc3ccccc32)cc1. The Labute approximate surface area is 185 Å². The first kappa shape index (κ1) is 20.9. The number of ether oxygens (including phenoxy) is 1. The van der Waals surface area contributed by atoms with Crippen molar-refractivity contribution in [3.8, 4) is 5.75 Å². The Balaban J connectivity index is 1.46. The molecule has 0 bridgehead atoms. The molecule has 0 unspecified atom stereocenters. The molecular formula is C24H22N4O4. The maximum atomic E-state index is 12.9. The van der Waals surface area contributed by atoms with E-state index >= 15 is 0 Å². The predicted molar refractivity (Wildman–Crippen MR) is 123 cm³/mol. The van der Waals surface area contributed by atoms with Gasteiger partial charge >= 0.3 is 0 Å². The van der Waals surface area contributed by atoms with Gasteiger partial charge in [0, 0.05) is 11.4 Å². The largest absolute Gasteiger partial charge is 0.497 e. The molecule has 32 heavy (non-hydrogen) atoms. The molecule has 0 saturated heterocycles. The highest BCUT2D eigenvalue weighted by molar-refractivity contribution is 6.11. The number of benzene rings is 3. The molecule has 0 fully saturated rings. The van der Waals surface area contributed by atoms with Gasteiger partial charge in [-0.15, -0.1) is 0 Å². The zero-order chi connectivity index (χ0) is 22.5. The number of hydrogen-bond acceptors (Lipinski definition) is 5. The summed E-state index contributed by atoms with van der Waals surface area (Å²) in [5, 5.41) is 8.63. The van der Waals surface area contributed by atoms with Crippen LogP contribution in [0.15, 0.2) is 72.8 Å². The van der Waals surface area contributed by atoms with Gasteiger partial charge in [-0.2, -0.15) is 0 Å². The summed E-state index contributed by atoms with van der Waals surface area (Å²) in [5.41, 5.74) is 2.77. The van der Waals surface area contributed by atoms with Crippen LogP contribution in [0.5, 0.6) is 5.75 Å². The monoisotopic (exact) mass is 430 g/mol. The second-order valence-corrected chi connectivity index (χ2v) is 7.13. The molecule has 0 radical (unpaired) electrons. The van der Waals surface area contributed by atoms with Crippen molar-refractivity contribution in [1.82, 2.24) is 0 Å². The standard InChI is InChI=1S/C24H22N4O4/c1-32-17-12-10-16(11-13-17)26-24(31)18-6-2-3-7-19(18)25-14-23(30)28-15-22(29)27-20-8-4-5-9-21(20)28/h2-13,25H,14-15H2,1H3,(H,26,31)(H,27,29). The van der Waals surface area contributed by atoms with Gasteiger partial charge in [0.15, 0.2) is 0 Å². The minimum absolute atomic E-state index is 0.0584. The molecule has 8 nitrogen and oxygen atoms in total. The lowest BCUT2D eigenvalue weighted by Crippen LogP contribution is -2.44. The number of amides is 3. The average Bonchev–Trinajstić information content (AvgIpc) is 2.82. The summed E-state index contributed by atoms with van der Waals surface area (Å²) in [6.07, 6.45) is 0. The van der Waals surface area contributed by atoms with E-state index in [0.717, 1.165) is 0 Å². The lowest BCUT2D eigenvalue weighted by atomic mass is 10.1. The van der Waals surface area contributed by atoms with Crippen LogP contribution in [0.3, 0.4) is 0 Å². The van der Waals surface area contributed by atoms with E-state index in [4.69, 9.17) is 4.74 Å². The molecule has 4 rings (SSSR count). The highest BCUT2D eigenvalue weighted by Crippen LogP contribution is 2.29. The van der Waals surface area contributed by atoms with Crippen molar-refractivity contribution in [3.63, 3.8) is 0 Å². The summed E-state index contributed by atoms with van der Waals surface area (Å²) in [6, 6.07) is 21.1. The molecule has 8 heteroatoms. The fourth-order valence-electron chi connectivity index (χ4n) is 3.43. The van der Waals surface area contributed by atoms with Crippen LogP contribution in [0, 0.1) is 0 Å². The van der Waals surface area contributed by atoms with Gasteiger partial charge in [-0.05, 0) is 48.5 Å². The van der Waals surface area contributed by atoms with Crippen molar-refractivity contribution in [1.29, 1.82) is 0 Å². The maximum Gasteiger partial charge on any atom is 0.257 e. The lowest BCUT2D eigenvalue weighted by Gasteiger charge is -2.29. The van der Waals surface area contributed by atoms with E-state index in [-0.39, 0.29) is 30.8 Å². The summed E-state index contributed by atoms with van der Waals surface area (Å²) >= 11 is 0. The molecule has 0 saturated carbocycles. The maximum absolute atomic E-state index is 12.9. The predicted octanol–water partition coefficient (Wildman–Crippen LogP) is 3.34. The number of methoxy groups -OCH3 is 1. The Kier molecular flexibility index (Phi) is 6.03. The van der Waals surface area contributed by atoms with Crippen LogP contribution in [0.1, 0.15) is 10.4 Å². The third-order valence-corrected chi connectivity index (χ3v) is 5.02. The van der Waals surface area contributed by atoms with E-state index < -0.39 is 0 Å². The van der Waals surface area contributed by atoms with Gasteiger partial charge < -0.3 is 20.7 Å². The highest BCUT2D eigenvalue weighted by atomic mass is 16.5. The summed E-state index contributed by atoms with van der Waals surface area (Å²) < 4.78 is 5.13. The van der Waals surface area contributed by atoms with Crippen LogP contribution in [0.4, 0.5) is 22.7 Å². The first-order chi connectivity index (χ1) is 15.5. The third-order valence-electron chi connectivity index (χ3n) is 5.02. The van der Waals surface area contributed by atoms with Crippen LogP contribution < -0.4 is 25.6 Å². The van der Waals surface area contributed by atoms with Crippen molar-refractivity contribution in [2.45, 2.75) is 0 Å². The van der Waals surface area contributed by atoms with Gasteiger partial charge in [0.25, 0.3) is 5.91 Å². The smallest absolute Gasteiger partial charge is 0.257 e. The van der Waals surface area contributed by atoms with Crippen molar-refractivity contribution in [2.24, 2.45) is 0 Å². The summed E-state index contributed by atoms with van der Waals surface area (Å²) in [7, 11) is 1.58. The molecule has 0 aliphatic carbocycles. The molecule has 3 aromatic carbocycles. The van der Waals surface area contributed by atoms with E-state index in [1.165, 1.54) is 4.90 Å². The number of hydrogen-bond donors (Lipinski definition) is 3. The van der Waals surface area contributed by atoms with Gasteiger partial charge in [0.1, 0.15) is 12.3 Å². The van der Waals surface area contributed by atoms with Crippen LogP contribution in [0.25, 0.3) is 0 Å². The summed E-state index contributed by atoms with van der Waals surface area (Å²) in [6.45, 7) is -0.133. The minimum atomic E-state index is -0.312. The van der Waals surface area contributed by atoms with Crippen LogP contribution in [-0.4, -0.2) is 37.9 Å². The minimum Gasteiger partial charge on any atom is -0.497 e. The number of rotatable bonds is 6. The second kappa shape index (κ2) is 9.22. The van der Waals surface area contributed by atoms with Crippen LogP contribution in [0.2, 0.25) is 0 Å². The van der Waals surface area contributed by atoms with Gasteiger partial charge in [0.2, 0.25) is 11.8 Å². The number of fused-ring (bicyclic) bond motifs is 1. The fraction of sp³-hybridized carbons (Fsp3) is 0.125. The number of anilines is 4. The van der Waals surface area contributed by atoms with Gasteiger partial charge in [-0.25, -0.2) is 0 Å². The van der Waals surface area contributed by atoms with Crippen molar-refractivity contribution in [3.05, 3.63) is 78.4 Å². The van der Waals surface area contributed by atoms with Crippen molar-refractivity contribution in [2.75, 3.05) is 41.0 Å². The molecule has 162 valence electrons. The zero-order valence-corrected chi connectivity index (χ0v) is 17.4. The average molecular weight is 430 g/mol. The van der Waals surface area contributed by atoms with Crippen LogP contribution in [-0.2, 0) is 9.59 Å². The molecule has 3 aromatic rings. The van der Waals surface area contributed by atoms with E-state index in [1.807, 2.05) is 6.07 Å². The van der Waals surface area contributed by atoms with E-state index in [0.29, 0.717) is 34.1 Å². The van der Waals surface area contributed by atoms with E-state index in [9.17, 15) is 14.4 Å². The molecular weight excluding hydrogens is 408 g/mol. The molecule has 3 N–H and O–H groups in total. The number of nitrogens with zero attached hydrogens (tertiary/aromatic N) is 1. The third kappa shape index (κ3) is 4.54. The van der Waals surface area contributed by atoms with Gasteiger partial charge in [0.05, 0.1) is 30.6 Å². The second-order valence-electron chi connectivity index (χ2n) is 7.13. The summed E-state index contributed by atoms with van der Waals surface area (Å²) in [5.74, 6) is -0.154. The van der Waals surface area contributed by atoms with Crippen molar-refractivity contribution < 1.29 is 19.1 Å². The molecule has 1 aliphatic rings. The Morgan fingerprint density at radius 3 is 2.50 bits per heavy atom. The topological polar surface area (TPSA) is 99.8 Å². The van der Waals surface area contributed by atoms with Gasteiger partial charge in [-0.3, -0.25) is 19.3 Å². The molecule has 0 aromatic heterocycles. The molecule has 0 atom stereocenters. The number of carbonyl (C=O) groups is 3.